The van der Waals surface area contributed by atoms with E-state index in [2.05, 4.69) is 12.2 Å². The average Bonchev–Trinajstić information content (AvgIpc) is 2.43. The molecule has 0 amide bonds. The van der Waals surface area contributed by atoms with Gasteiger partial charge in [0.1, 0.15) is 0 Å². The van der Waals surface area contributed by atoms with Crippen LogP contribution in [-0.2, 0) is 6.54 Å². The van der Waals surface area contributed by atoms with Gasteiger partial charge in [0.05, 0.1) is 9.95 Å². The molecular formula is C15H23ClN2O2. The quantitative estimate of drug-likeness (QED) is 0.387. The monoisotopic (exact) mass is 298 g/mol. The van der Waals surface area contributed by atoms with E-state index >= 15 is 0 Å². The Bertz CT molecular complexity index is 424. The zero-order chi connectivity index (χ0) is 14.8. The van der Waals surface area contributed by atoms with Gasteiger partial charge in [0, 0.05) is 18.7 Å². The molecule has 0 unspecified atom stereocenters. The van der Waals surface area contributed by atoms with Crippen LogP contribution in [0.3, 0.4) is 0 Å². The van der Waals surface area contributed by atoms with Gasteiger partial charge in [0.15, 0.2) is 0 Å². The van der Waals surface area contributed by atoms with Crippen molar-refractivity contribution in [3.63, 3.8) is 0 Å². The van der Waals surface area contributed by atoms with E-state index in [1.165, 1.54) is 44.2 Å². The van der Waals surface area contributed by atoms with Crippen molar-refractivity contribution in [2.45, 2.75) is 52.0 Å². The minimum absolute atomic E-state index is 0.0367. The summed E-state index contributed by atoms with van der Waals surface area (Å²) in [7, 11) is 0. The van der Waals surface area contributed by atoms with Gasteiger partial charge in [0.2, 0.25) is 0 Å². The molecular weight excluding hydrogens is 276 g/mol. The highest BCUT2D eigenvalue weighted by atomic mass is 35.5. The van der Waals surface area contributed by atoms with Gasteiger partial charge in [-0.15, -0.1) is 0 Å². The van der Waals surface area contributed by atoms with Gasteiger partial charge in [0.25, 0.3) is 5.69 Å². The fourth-order valence-electron chi connectivity index (χ4n) is 2.05. The topological polar surface area (TPSA) is 55.2 Å². The van der Waals surface area contributed by atoms with E-state index < -0.39 is 4.92 Å². The van der Waals surface area contributed by atoms with Crippen LogP contribution in [0, 0.1) is 10.1 Å². The van der Waals surface area contributed by atoms with Crippen LogP contribution in [0.25, 0.3) is 0 Å². The van der Waals surface area contributed by atoms with Crippen molar-refractivity contribution < 1.29 is 4.92 Å². The Kier molecular flexibility index (Phi) is 8.23. The van der Waals surface area contributed by atoms with Gasteiger partial charge in [-0.05, 0) is 24.6 Å². The van der Waals surface area contributed by atoms with Crippen molar-refractivity contribution >= 4 is 17.3 Å². The molecule has 112 valence electrons. The van der Waals surface area contributed by atoms with Crippen molar-refractivity contribution in [2.75, 3.05) is 6.54 Å². The Hall–Kier alpha value is -1.13. The molecule has 0 aliphatic rings. The molecule has 0 saturated carbocycles. The molecule has 4 nitrogen and oxygen atoms in total. The van der Waals surface area contributed by atoms with Crippen LogP contribution in [0.15, 0.2) is 18.2 Å². The summed E-state index contributed by atoms with van der Waals surface area (Å²) < 4.78 is 0. The number of hydrogen-bond donors (Lipinski definition) is 1. The summed E-state index contributed by atoms with van der Waals surface area (Å²) in [5.41, 5.74) is 0.943. The summed E-state index contributed by atoms with van der Waals surface area (Å²) in [6, 6.07) is 4.62. The number of nitrogens with one attached hydrogen (secondary N) is 1. The Morgan fingerprint density at radius 1 is 1.20 bits per heavy atom. The van der Waals surface area contributed by atoms with E-state index in [-0.39, 0.29) is 5.69 Å². The lowest BCUT2D eigenvalue weighted by Gasteiger charge is -2.06. The van der Waals surface area contributed by atoms with Crippen LogP contribution in [-0.4, -0.2) is 11.5 Å². The maximum atomic E-state index is 10.6. The SMILES string of the molecule is CCCCCCCCNCc1ccc([N+](=O)[O-])cc1Cl. The molecule has 0 radical (unpaired) electrons. The zero-order valence-electron chi connectivity index (χ0n) is 12.0. The first kappa shape index (κ1) is 16.9. The molecule has 0 saturated heterocycles. The zero-order valence-corrected chi connectivity index (χ0v) is 12.8. The maximum Gasteiger partial charge on any atom is 0.270 e. The summed E-state index contributed by atoms with van der Waals surface area (Å²) in [5.74, 6) is 0. The molecule has 0 aromatic heterocycles. The number of nitro groups is 1. The second-order valence-corrected chi connectivity index (χ2v) is 5.38. The molecule has 0 fully saturated rings. The lowest BCUT2D eigenvalue weighted by Crippen LogP contribution is -2.15. The third kappa shape index (κ3) is 6.35. The number of rotatable bonds is 10. The Labute approximate surface area is 125 Å². The minimum atomic E-state index is -0.431. The van der Waals surface area contributed by atoms with Crippen LogP contribution in [0.2, 0.25) is 5.02 Å². The molecule has 0 bridgehead atoms. The lowest BCUT2D eigenvalue weighted by atomic mass is 10.1. The number of nitrogens with zero attached hydrogens (tertiary/aromatic N) is 1. The molecule has 1 aromatic rings. The molecule has 0 aliphatic carbocycles. The highest BCUT2D eigenvalue weighted by molar-refractivity contribution is 6.31. The summed E-state index contributed by atoms with van der Waals surface area (Å²) in [5, 5.41) is 14.4. The number of benzene rings is 1. The van der Waals surface area contributed by atoms with Crippen molar-refractivity contribution in [3.8, 4) is 0 Å². The fourth-order valence-corrected chi connectivity index (χ4v) is 2.29. The Balaban J connectivity index is 2.20. The van der Waals surface area contributed by atoms with E-state index in [0.29, 0.717) is 11.6 Å². The van der Waals surface area contributed by atoms with E-state index in [4.69, 9.17) is 11.6 Å². The molecule has 5 heteroatoms. The average molecular weight is 299 g/mol. The second-order valence-electron chi connectivity index (χ2n) is 4.98. The van der Waals surface area contributed by atoms with E-state index in [0.717, 1.165) is 18.5 Å². The summed E-state index contributed by atoms with van der Waals surface area (Å²) in [6.45, 7) is 3.83. The van der Waals surface area contributed by atoms with Crippen LogP contribution in [0.1, 0.15) is 51.0 Å². The van der Waals surface area contributed by atoms with E-state index in [1.54, 1.807) is 6.07 Å². The predicted molar refractivity (Wildman–Crippen MR) is 83.2 cm³/mol. The number of nitro benzene ring substituents is 1. The van der Waals surface area contributed by atoms with Crippen LogP contribution in [0.4, 0.5) is 5.69 Å². The van der Waals surface area contributed by atoms with Crippen molar-refractivity contribution in [1.82, 2.24) is 5.32 Å². The van der Waals surface area contributed by atoms with Gasteiger partial charge in [-0.1, -0.05) is 50.6 Å². The van der Waals surface area contributed by atoms with Gasteiger partial charge >= 0.3 is 0 Å². The van der Waals surface area contributed by atoms with Crippen LogP contribution < -0.4 is 5.32 Å². The lowest BCUT2D eigenvalue weighted by molar-refractivity contribution is -0.384. The molecule has 1 N–H and O–H groups in total. The maximum absolute atomic E-state index is 10.6. The molecule has 0 heterocycles. The highest BCUT2D eigenvalue weighted by Gasteiger charge is 2.08. The van der Waals surface area contributed by atoms with Crippen LogP contribution in [0.5, 0.6) is 0 Å². The first-order valence-corrected chi connectivity index (χ1v) is 7.66. The normalized spacial score (nSPS) is 10.7. The van der Waals surface area contributed by atoms with Crippen LogP contribution >= 0.6 is 11.6 Å². The first-order chi connectivity index (χ1) is 9.65. The predicted octanol–water partition coefficient (Wildman–Crippen LogP) is 4.70. The minimum Gasteiger partial charge on any atom is -0.313 e. The van der Waals surface area contributed by atoms with Gasteiger partial charge < -0.3 is 5.32 Å². The molecule has 0 aliphatic heterocycles. The first-order valence-electron chi connectivity index (χ1n) is 7.28. The fraction of sp³-hybridized carbons (Fsp3) is 0.600. The molecule has 0 spiro atoms. The Morgan fingerprint density at radius 2 is 1.90 bits per heavy atom. The number of halogens is 1. The molecule has 0 atom stereocenters. The van der Waals surface area contributed by atoms with Gasteiger partial charge in [-0.25, -0.2) is 0 Å². The molecule has 1 rings (SSSR count). The number of non-ortho nitro benzene ring substituents is 1. The second kappa shape index (κ2) is 9.72. The summed E-state index contributed by atoms with van der Waals surface area (Å²) in [4.78, 5) is 10.2. The summed E-state index contributed by atoms with van der Waals surface area (Å²) >= 11 is 6.03. The number of hydrogen-bond acceptors (Lipinski definition) is 3. The highest BCUT2D eigenvalue weighted by Crippen LogP contribution is 2.22. The van der Waals surface area contributed by atoms with Crippen molar-refractivity contribution in [1.29, 1.82) is 0 Å². The summed E-state index contributed by atoms with van der Waals surface area (Å²) in [6.07, 6.45) is 7.64. The molecule has 1 aromatic carbocycles. The smallest absolute Gasteiger partial charge is 0.270 e. The van der Waals surface area contributed by atoms with Gasteiger partial charge in [-0.2, -0.15) is 0 Å². The van der Waals surface area contributed by atoms with Gasteiger partial charge in [-0.3, -0.25) is 10.1 Å². The standard InChI is InChI=1S/C15H23ClN2O2/c1-2-3-4-5-6-7-10-17-12-13-8-9-14(18(19)20)11-15(13)16/h8-9,11,17H,2-7,10,12H2,1H3. The van der Waals surface area contributed by atoms with Crippen molar-refractivity contribution in [3.05, 3.63) is 38.9 Å². The number of unbranched alkanes of at least 4 members (excludes halogenated alkanes) is 5. The largest absolute Gasteiger partial charge is 0.313 e. The van der Waals surface area contributed by atoms with Crippen molar-refractivity contribution in [2.24, 2.45) is 0 Å². The third-order valence-electron chi connectivity index (χ3n) is 3.27. The third-order valence-corrected chi connectivity index (χ3v) is 3.62. The Morgan fingerprint density at radius 3 is 2.55 bits per heavy atom. The van der Waals surface area contributed by atoms with E-state index in [1.807, 2.05) is 0 Å². The molecule has 20 heavy (non-hydrogen) atoms. The van der Waals surface area contributed by atoms with E-state index in [9.17, 15) is 10.1 Å².